The van der Waals surface area contributed by atoms with Gasteiger partial charge in [0.25, 0.3) is 0 Å². The van der Waals surface area contributed by atoms with Crippen LogP contribution in [0.15, 0.2) is 77.3 Å². The van der Waals surface area contributed by atoms with Crippen molar-refractivity contribution >= 4 is 6.21 Å². The van der Waals surface area contributed by atoms with Crippen molar-refractivity contribution in [1.82, 2.24) is 0 Å². The third-order valence-corrected chi connectivity index (χ3v) is 3.25. The molecule has 0 aromatic heterocycles. The summed E-state index contributed by atoms with van der Waals surface area (Å²) >= 11 is 0. The highest BCUT2D eigenvalue weighted by Gasteiger charge is 2.08. The third kappa shape index (κ3) is 5.66. The summed E-state index contributed by atoms with van der Waals surface area (Å²) in [5, 5.41) is 0. The Hall–Kier alpha value is -2.19. The molecule has 0 saturated heterocycles. The Kier molecular flexibility index (Phi) is 6.59. The highest BCUT2D eigenvalue weighted by Crippen LogP contribution is 2.18. The topological polar surface area (TPSA) is 21.6 Å². The van der Waals surface area contributed by atoms with Crippen LogP contribution in [-0.4, -0.2) is 12.8 Å². The van der Waals surface area contributed by atoms with E-state index in [1.54, 1.807) is 0 Å². The molecule has 2 heteroatoms. The first-order valence-corrected chi connectivity index (χ1v) is 7.59. The zero-order valence-corrected chi connectivity index (χ0v) is 13.3. The number of aliphatic imine (C=N–C) groups is 1. The number of hydrogen-bond acceptors (Lipinski definition) is 2. The molecule has 0 amide bonds. The lowest BCUT2D eigenvalue weighted by molar-refractivity contribution is 0.108. The number of rotatable bonds is 7. The first-order chi connectivity index (χ1) is 10.8. The molecule has 0 fully saturated rings. The van der Waals surface area contributed by atoms with Gasteiger partial charge in [0.05, 0.1) is 19.3 Å². The lowest BCUT2D eigenvalue weighted by Gasteiger charge is -2.13. The number of benzene rings is 2. The number of ether oxygens (including phenoxy) is 1. The van der Waals surface area contributed by atoms with Crippen LogP contribution in [0.1, 0.15) is 31.0 Å². The van der Waals surface area contributed by atoms with Gasteiger partial charge in [-0.05, 0) is 31.1 Å². The van der Waals surface area contributed by atoms with Crippen molar-refractivity contribution in [3.05, 3.63) is 83.4 Å². The fourth-order valence-electron chi connectivity index (χ4n) is 2.06. The molecule has 0 aliphatic rings. The number of hydrogen-bond donors (Lipinski definition) is 0. The van der Waals surface area contributed by atoms with Crippen molar-refractivity contribution in [1.29, 1.82) is 0 Å². The van der Waals surface area contributed by atoms with E-state index in [-0.39, 0.29) is 6.04 Å². The van der Waals surface area contributed by atoms with Gasteiger partial charge in [-0.2, -0.15) is 0 Å². The second-order valence-corrected chi connectivity index (χ2v) is 5.47. The standard InChI is InChI=1S/C20H23NO/c1-17(2)13-14-21-20(19-11-7-4-8-12-19)16-22-15-18-9-5-3-6-10-18/h3-14,20H,15-16H2,1-2H3/t20-/m0/s1. The predicted molar refractivity (Wildman–Crippen MR) is 93.2 cm³/mol. The maximum absolute atomic E-state index is 5.86. The van der Waals surface area contributed by atoms with Crippen molar-refractivity contribution in [3.8, 4) is 0 Å². The molecule has 0 unspecified atom stereocenters. The maximum Gasteiger partial charge on any atom is 0.0982 e. The van der Waals surface area contributed by atoms with Gasteiger partial charge in [0.2, 0.25) is 0 Å². The quantitative estimate of drug-likeness (QED) is 0.660. The second kappa shape index (κ2) is 8.96. The van der Waals surface area contributed by atoms with Gasteiger partial charge < -0.3 is 4.74 Å². The average Bonchev–Trinajstić information content (AvgIpc) is 2.55. The van der Waals surface area contributed by atoms with Crippen molar-refractivity contribution in [2.24, 2.45) is 4.99 Å². The zero-order valence-electron chi connectivity index (χ0n) is 13.3. The lowest BCUT2D eigenvalue weighted by Crippen LogP contribution is -2.06. The Morgan fingerprint density at radius 3 is 2.27 bits per heavy atom. The first kappa shape index (κ1) is 16.2. The lowest BCUT2D eigenvalue weighted by atomic mass is 10.1. The Labute approximate surface area is 133 Å². The Morgan fingerprint density at radius 1 is 1.00 bits per heavy atom. The SMILES string of the molecule is CC(C)=CC=N[C@@H](COCc1ccccc1)c1ccccc1. The van der Waals surface area contributed by atoms with Gasteiger partial charge in [-0.25, -0.2) is 0 Å². The van der Waals surface area contributed by atoms with Gasteiger partial charge in [-0.1, -0.05) is 66.2 Å². The van der Waals surface area contributed by atoms with E-state index in [1.807, 2.05) is 48.7 Å². The normalized spacial score (nSPS) is 12.3. The maximum atomic E-state index is 5.86. The van der Waals surface area contributed by atoms with Crippen LogP contribution in [0.4, 0.5) is 0 Å². The molecule has 2 rings (SSSR count). The first-order valence-electron chi connectivity index (χ1n) is 7.59. The minimum absolute atomic E-state index is 0.0283. The Morgan fingerprint density at radius 2 is 1.64 bits per heavy atom. The van der Waals surface area contributed by atoms with E-state index in [4.69, 9.17) is 4.74 Å². The van der Waals surface area contributed by atoms with Gasteiger partial charge in [-0.15, -0.1) is 0 Å². The molecule has 0 saturated carbocycles. The van der Waals surface area contributed by atoms with E-state index in [2.05, 4.69) is 43.1 Å². The van der Waals surface area contributed by atoms with E-state index < -0.39 is 0 Å². The van der Waals surface area contributed by atoms with Crippen molar-refractivity contribution in [2.75, 3.05) is 6.61 Å². The molecular weight excluding hydrogens is 270 g/mol. The molecule has 114 valence electrons. The van der Waals surface area contributed by atoms with Crippen LogP contribution in [0.2, 0.25) is 0 Å². The van der Waals surface area contributed by atoms with Crippen LogP contribution in [0, 0.1) is 0 Å². The summed E-state index contributed by atoms with van der Waals surface area (Å²) in [5.74, 6) is 0. The van der Waals surface area contributed by atoms with E-state index in [9.17, 15) is 0 Å². The Balaban J connectivity index is 1.98. The van der Waals surface area contributed by atoms with E-state index in [0.29, 0.717) is 13.2 Å². The number of allylic oxidation sites excluding steroid dienone is 2. The van der Waals surface area contributed by atoms with Crippen molar-refractivity contribution in [2.45, 2.75) is 26.5 Å². The average molecular weight is 293 g/mol. The van der Waals surface area contributed by atoms with Crippen molar-refractivity contribution in [3.63, 3.8) is 0 Å². The summed E-state index contributed by atoms with van der Waals surface area (Å²) in [5.41, 5.74) is 3.59. The summed E-state index contributed by atoms with van der Waals surface area (Å²) in [6.07, 6.45) is 3.89. The molecule has 0 heterocycles. The number of nitrogens with zero attached hydrogens (tertiary/aromatic N) is 1. The smallest absolute Gasteiger partial charge is 0.0982 e. The minimum atomic E-state index is 0.0283. The van der Waals surface area contributed by atoms with Crippen LogP contribution < -0.4 is 0 Å². The highest BCUT2D eigenvalue weighted by atomic mass is 16.5. The fourth-order valence-corrected chi connectivity index (χ4v) is 2.06. The van der Waals surface area contributed by atoms with Crippen LogP contribution in [0.5, 0.6) is 0 Å². The molecule has 0 aliphatic carbocycles. The minimum Gasteiger partial charge on any atom is -0.374 e. The van der Waals surface area contributed by atoms with Gasteiger partial charge in [0.15, 0.2) is 0 Å². The summed E-state index contributed by atoms with van der Waals surface area (Å²) in [6.45, 7) is 5.32. The van der Waals surface area contributed by atoms with Crippen LogP contribution >= 0.6 is 0 Å². The van der Waals surface area contributed by atoms with Gasteiger partial charge in [-0.3, -0.25) is 4.99 Å². The molecule has 2 nitrogen and oxygen atoms in total. The molecule has 0 radical (unpaired) electrons. The van der Waals surface area contributed by atoms with E-state index in [1.165, 1.54) is 16.7 Å². The van der Waals surface area contributed by atoms with Gasteiger partial charge in [0.1, 0.15) is 0 Å². The molecular formula is C20H23NO. The Bertz CT molecular complexity index is 598. The molecule has 0 bridgehead atoms. The molecule has 0 N–H and O–H groups in total. The molecule has 22 heavy (non-hydrogen) atoms. The third-order valence-electron chi connectivity index (χ3n) is 3.25. The van der Waals surface area contributed by atoms with Gasteiger partial charge in [0, 0.05) is 6.21 Å². The molecule has 2 aromatic carbocycles. The monoisotopic (exact) mass is 293 g/mol. The largest absolute Gasteiger partial charge is 0.374 e. The van der Waals surface area contributed by atoms with E-state index >= 15 is 0 Å². The summed E-state index contributed by atoms with van der Waals surface area (Å²) in [7, 11) is 0. The van der Waals surface area contributed by atoms with Crippen LogP contribution in [0.3, 0.4) is 0 Å². The zero-order chi connectivity index (χ0) is 15.6. The summed E-state index contributed by atoms with van der Waals surface area (Å²) < 4.78 is 5.86. The van der Waals surface area contributed by atoms with Crippen LogP contribution in [-0.2, 0) is 11.3 Å². The molecule has 0 aliphatic heterocycles. The van der Waals surface area contributed by atoms with Crippen molar-refractivity contribution < 1.29 is 4.74 Å². The molecule has 0 spiro atoms. The van der Waals surface area contributed by atoms with E-state index in [0.717, 1.165) is 0 Å². The van der Waals surface area contributed by atoms with Crippen LogP contribution in [0.25, 0.3) is 0 Å². The second-order valence-electron chi connectivity index (χ2n) is 5.47. The highest BCUT2D eigenvalue weighted by molar-refractivity contribution is 5.72. The molecule has 1 atom stereocenters. The summed E-state index contributed by atoms with van der Waals surface area (Å²) in [4.78, 5) is 4.64. The predicted octanol–water partition coefficient (Wildman–Crippen LogP) is 4.98. The van der Waals surface area contributed by atoms with Gasteiger partial charge >= 0.3 is 0 Å². The molecule has 2 aromatic rings. The fraction of sp³-hybridized carbons (Fsp3) is 0.250. The summed E-state index contributed by atoms with van der Waals surface area (Å²) in [6, 6.07) is 20.5.